The van der Waals surface area contributed by atoms with E-state index < -0.39 is 0 Å². The molecule has 1 heterocycles. The van der Waals surface area contributed by atoms with Gasteiger partial charge in [0, 0.05) is 12.6 Å². The molecule has 0 aromatic heterocycles. The molecule has 3 rings (SSSR count). The largest absolute Gasteiger partial charge is 0.493 e. The minimum atomic E-state index is 0.277. The van der Waals surface area contributed by atoms with E-state index in [0.717, 1.165) is 17.7 Å². The highest BCUT2D eigenvalue weighted by Crippen LogP contribution is 2.38. The van der Waals surface area contributed by atoms with E-state index in [1.807, 2.05) is 30.3 Å². The van der Waals surface area contributed by atoms with E-state index in [1.165, 1.54) is 5.56 Å². The number of methoxy groups -OCH3 is 3. The van der Waals surface area contributed by atoms with E-state index in [2.05, 4.69) is 11.4 Å². The number of hydrogen-bond acceptors (Lipinski definition) is 5. The van der Waals surface area contributed by atoms with Gasteiger partial charge in [-0.05, 0) is 35.7 Å². The zero-order chi connectivity index (χ0) is 16.9. The van der Waals surface area contributed by atoms with E-state index >= 15 is 0 Å². The molecule has 128 valence electrons. The zero-order valence-corrected chi connectivity index (χ0v) is 14.3. The second-order valence-corrected chi connectivity index (χ2v) is 5.73. The molecule has 2 aromatic carbocycles. The van der Waals surface area contributed by atoms with Crippen LogP contribution in [0.1, 0.15) is 11.1 Å². The van der Waals surface area contributed by atoms with Gasteiger partial charge in [-0.2, -0.15) is 0 Å². The molecule has 0 saturated carbocycles. The molecule has 5 heteroatoms. The van der Waals surface area contributed by atoms with Crippen LogP contribution in [0.4, 0.5) is 0 Å². The topological polar surface area (TPSA) is 49.0 Å². The monoisotopic (exact) mass is 329 g/mol. The fourth-order valence-corrected chi connectivity index (χ4v) is 2.96. The molecule has 0 unspecified atom stereocenters. The summed E-state index contributed by atoms with van der Waals surface area (Å²) in [6, 6.07) is 12.4. The number of ether oxygens (including phenoxy) is 4. The number of fused-ring (bicyclic) bond motifs is 1. The standard InChI is InChI=1S/C19H23NO4/c1-21-17-8-13(9-18(22-2)19(17)23-3)11-20-15-10-14-6-4-5-7-16(14)24-12-15/h4-9,15,20H,10-12H2,1-3H3/t15-/m1/s1. The quantitative estimate of drug-likeness (QED) is 0.883. The Labute approximate surface area is 142 Å². The molecule has 1 N–H and O–H groups in total. The Hall–Kier alpha value is -2.40. The van der Waals surface area contributed by atoms with Crippen LogP contribution in [0.5, 0.6) is 23.0 Å². The van der Waals surface area contributed by atoms with Crippen LogP contribution < -0.4 is 24.3 Å². The lowest BCUT2D eigenvalue weighted by Crippen LogP contribution is -2.38. The van der Waals surface area contributed by atoms with Gasteiger partial charge >= 0.3 is 0 Å². The molecule has 0 amide bonds. The van der Waals surface area contributed by atoms with Crippen LogP contribution in [-0.4, -0.2) is 34.0 Å². The van der Waals surface area contributed by atoms with Crippen LogP contribution >= 0.6 is 0 Å². The molecule has 24 heavy (non-hydrogen) atoms. The molecule has 0 radical (unpaired) electrons. The molecule has 1 atom stereocenters. The predicted octanol–water partition coefficient (Wildman–Crippen LogP) is 2.81. The summed E-state index contributed by atoms with van der Waals surface area (Å²) >= 11 is 0. The zero-order valence-electron chi connectivity index (χ0n) is 14.3. The summed E-state index contributed by atoms with van der Waals surface area (Å²) in [6.45, 7) is 1.37. The van der Waals surface area contributed by atoms with Gasteiger partial charge in [0.2, 0.25) is 5.75 Å². The normalized spacial score (nSPS) is 16.0. The molecule has 1 aliphatic rings. The molecule has 5 nitrogen and oxygen atoms in total. The summed E-state index contributed by atoms with van der Waals surface area (Å²) in [5.74, 6) is 2.93. The molecule has 0 saturated heterocycles. The highest BCUT2D eigenvalue weighted by molar-refractivity contribution is 5.53. The van der Waals surface area contributed by atoms with Gasteiger partial charge < -0.3 is 24.3 Å². The highest BCUT2D eigenvalue weighted by atomic mass is 16.5. The summed E-state index contributed by atoms with van der Waals surface area (Å²) < 4.78 is 22.0. The lowest BCUT2D eigenvalue weighted by atomic mass is 10.0. The van der Waals surface area contributed by atoms with E-state index in [9.17, 15) is 0 Å². The Morgan fingerprint density at radius 1 is 1.04 bits per heavy atom. The second kappa shape index (κ2) is 7.45. The van der Waals surface area contributed by atoms with Crippen LogP contribution in [-0.2, 0) is 13.0 Å². The summed E-state index contributed by atoms with van der Waals surface area (Å²) in [6.07, 6.45) is 0.959. The molecule has 0 spiro atoms. The molecule has 0 fully saturated rings. The first-order chi connectivity index (χ1) is 11.7. The van der Waals surface area contributed by atoms with Crippen LogP contribution in [0.25, 0.3) is 0 Å². The van der Waals surface area contributed by atoms with Crippen LogP contribution in [0.15, 0.2) is 36.4 Å². The Bertz CT molecular complexity index is 677. The summed E-state index contributed by atoms with van der Waals surface area (Å²) in [5, 5.41) is 3.54. The van der Waals surface area contributed by atoms with E-state index in [-0.39, 0.29) is 6.04 Å². The molecule has 2 aromatic rings. The van der Waals surface area contributed by atoms with Crippen molar-refractivity contribution in [2.45, 2.75) is 19.0 Å². The Morgan fingerprint density at radius 2 is 1.75 bits per heavy atom. The number of benzene rings is 2. The van der Waals surface area contributed by atoms with Crippen molar-refractivity contribution < 1.29 is 18.9 Å². The van der Waals surface area contributed by atoms with E-state index in [4.69, 9.17) is 18.9 Å². The second-order valence-electron chi connectivity index (χ2n) is 5.73. The smallest absolute Gasteiger partial charge is 0.203 e. The average Bonchev–Trinajstić information content (AvgIpc) is 2.65. The van der Waals surface area contributed by atoms with Crippen molar-refractivity contribution in [3.8, 4) is 23.0 Å². The molecule has 1 aliphatic heterocycles. The molecule has 0 aliphatic carbocycles. The van der Waals surface area contributed by atoms with Gasteiger partial charge in [0.1, 0.15) is 12.4 Å². The van der Waals surface area contributed by atoms with Crippen LogP contribution in [0.3, 0.4) is 0 Å². The molecule has 0 bridgehead atoms. The van der Waals surface area contributed by atoms with Crippen molar-refractivity contribution in [2.24, 2.45) is 0 Å². The van der Waals surface area contributed by atoms with Crippen molar-refractivity contribution >= 4 is 0 Å². The van der Waals surface area contributed by atoms with Crippen molar-refractivity contribution in [3.63, 3.8) is 0 Å². The van der Waals surface area contributed by atoms with Crippen molar-refractivity contribution in [1.82, 2.24) is 5.32 Å². The lowest BCUT2D eigenvalue weighted by molar-refractivity contribution is 0.238. The van der Waals surface area contributed by atoms with Gasteiger partial charge in [0.25, 0.3) is 0 Å². The first-order valence-corrected chi connectivity index (χ1v) is 7.98. The Kier molecular flexibility index (Phi) is 5.11. The maximum Gasteiger partial charge on any atom is 0.203 e. The van der Waals surface area contributed by atoms with Gasteiger partial charge in [0.05, 0.1) is 21.3 Å². The minimum absolute atomic E-state index is 0.277. The summed E-state index contributed by atoms with van der Waals surface area (Å²) in [7, 11) is 4.86. The maximum atomic E-state index is 5.82. The first kappa shape index (κ1) is 16.5. The number of hydrogen-bond donors (Lipinski definition) is 1. The SMILES string of the molecule is COc1cc(CN[C@H]2COc3ccccc3C2)cc(OC)c1OC. The lowest BCUT2D eigenvalue weighted by Gasteiger charge is -2.26. The van der Waals surface area contributed by atoms with E-state index in [1.54, 1.807) is 21.3 Å². The summed E-state index contributed by atoms with van der Waals surface area (Å²) in [5.41, 5.74) is 2.31. The fraction of sp³-hybridized carbons (Fsp3) is 0.368. The number of rotatable bonds is 6. The van der Waals surface area contributed by atoms with Gasteiger partial charge in [0.15, 0.2) is 11.5 Å². The van der Waals surface area contributed by atoms with E-state index in [0.29, 0.717) is 30.4 Å². The van der Waals surface area contributed by atoms with Gasteiger partial charge in [-0.1, -0.05) is 18.2 Å². The molecular formula is C19H23NO4. The average molecular weight is 329 g/mol. The van der Waals surface area contributed by atoms with Gasteiger partial charge in [-0.15, -0.1) is 0 Å². The first-order valence-electron chi connectivity index (χ1n) is 7.98. The third-order valence-corrected chi connectivity index (χ3v) is 4.20. The number of para-hydroxylation sites is 1. The van der Waals surface area contributed by atoms with Crippen LogP contribution in [0, 0.1) is 0 Å². The van der Waals surface area contributed by atoms with Gasteiger partial charge in [-0.25, -0.2) is 0 Å². The van der Waals surface area contributed by atoms with Crippen molar-refractivity contribution in [3.05, 3.63) is 47.5 Å². The van der Waals surface area contributed by atoms with Crippen molar-refractivity contribution in [1.29, 1.82) is 0 Å². The predicted molar refractivity (Wildman–Crippen MR) is 92.4 cm³/mol. The summed E-state index contributed by atoms with van der Waals surface area (Å²) in [4.78, 5) is 0. The number of nitrogens with one attached hydrogen (secondary N) is 1. The minimum Gasteiger partial charge on any atom is -0.493 e. The molecular weight excluding hydrogens is 306 g/mol. The third kappa shape index (κ3) is 3.41. The fourth-order valence-electron chi connectivity index (χ4n) is 2.96. The van der Waals surface area contributed by atoms with Crippen molar-refractivity contribution in [2.75, 3.05) is 27.9 Å². The third-order valence-electron chi connectivity index (χ3n) is 4.20. The van der Waals surface area contributed by atoms with Gasteiger partial charge in [-0.3, -0.25) is 0 Å². The maximum absolute atomic E-state index is 5.82. The van der Waals surface area contributed by atoms with Crippen LogP contribution in [0.2, 0.25) is 0 Å². The Morgan fingerprint density at radius 3 is 2.42 bits per heavy atom. The highest BCUT2D eigenvalue weighted by Gasteiger charge is 2.19. The Balaban J connectivity index is 1.69.